The first-order valence-electron chi connectivity index (χ1n) is 5.70. The van der Waals surface area contributed by atoms with Crippen LogP contribution in [-0.4, -0.2) is 21.7 Å². The molecule has 0 aromatic heterocycles. The molecule has 17 heavy (non-hydrogen) atoms. The fourth-order valence-corrected chi connectivity index (χ4v) is 1.61. The number of benzene rings is 1. The Kier molecular flexibility index (Phi) is 4.12. The average molecular weight is 237 g/mol. The van der Waals surface area contributed by atoms with Crippen LogP contribution in [-0.2, 0) is 4.79 Å². The number of hydrogen-bond donors (Lipinski definition) is 3. The van der Waals surface area contributed by atoms with Crippen LogP contribution >= 0.6 is 0 Å². The van der Waals surface area contributed by atoms with E-state index in [0.29, 0.717) is 18.5 Å². The van der Waals surface area contributed by atoms with Gasteiger partial charge < -0.3 is 15.5 Å². The molecule has 0 aliphatic carbocycles. The number of phenols is 1. The molecule has 0 radical (unpaired) electrons. The first-order chi connectivity index (χ1) is 7.86. The van der Waals surface area contributed by atoms with Crippen molar-refractivity contribution in [3.63, 3.8) is 0 Å². The first kappa shape index (κ1) is 13.5. The molecule has 0 aliphatic heterocycles. The van der Waals surface area contributed by atoms with Crippen LogP contribution < -0.4 is 5.32 Å². The molecule has 3 N–H and O–H groups in total. The standard InChI is InChI=1S/C13H19NO3/c1-4-7-13(3,17)12(16)14-10-8-9(2)5-6-11(10)15/h5-6,8,15,17H,4,7H2,1-3H3,(H,14,16). The van der Waals surface area contributed by atoms with Crippen molar-refractivity contribution in [2.45, 2.75) is 39.2 Å². The van der Waals surface area contributed by atoms with Crippen molar-refractivity contribution in [3.8, 4) is 5.75 Å². The Morgan fingerprint density at radius 2 is 2.12 bits per heavy atom. The van der Waals surface area contributed by atoms with E-state index >= 15 is 0 Å². The summed E-state index contributed by atoms with van der Waals surface area (Å²) in [6.07, 6.45) is 1.09. The maximum Gasteiger partial charge on any atom is 0.256 e. The van der Waals surface area contributed by atoms with Crippen molar-refractivity contribution in [1.29, 1.82) is 0 Å². The molecule has 1 aromatic carbocycles. The van der Waals surface area contributed by atoms with E-state index in [2.05, 4.69) is 5.32 Å². The third-order valence-electron chi connectivity index (χ3n) is 2.63. The number of anilines is 1. The maximum absolute atomic E-state index is 11.8. The molecule has 1 amide bonds. The number of carbonyl (C=O) groups is 1. The van der Waals surface area contributed by atoms with Crippen LogP contribution in [0.2, 0.25) is 0 Å². The number of rotatable bonds is 4. The van der Waals surface area contributed by atoms with Crippen molar-refractivity contribution in [2.75, 3.05) is 5.32 Å². The number of aromatic hydroxyl groups is 1. The fourth-order valence-electron chi connectivity index (χ4n) is 1.61. The van der Waals surface area contributed by atoms with Crippen molar-refractivity contribution < 1.29 is 15.0 Å². The van der Waals surface area contributed by atoms with Crippen molar-refractivity contribution >= 4 is 11.6 Å². The van der Waals surface area contributed by atoms with Crippen LogP contribution in [0.15, 0.2) is 18.2 Å². The Hall–Kier alpha value is -1.55. The number of phenolic OH excluding ortho intramolecular Hbond substituents is 1. The molecule has 0 saturated heterocycles. The van der Waals surface area contributed by atoms with Gasteiger partial charge in [0.2, 0.25) is 0 Å². The number of aryl methyl sites for hydroxylation is 1. The van der Waals surface area contributed by atoms with Gasteiger partial charge in [-0.05, 0) is 38.0 Å². The third-order valence-corrected chi connectivity index (χ3v) is 2.63. The average Bonchev–Trinajstić information content (AvgIpc) is 2.23. The van der Waals surface area contributed by atoms with Gasteiger partial charge in [-0.2, -0.15) is 0 Å². The number of aliphatic hydroxyl groups is 1. The summed E-state index contributed by atoms with van der Waals surface area (Å²) >= 11 is 0. The van der Waals surface area contributed by atoms with Crippen molar-refractivity contribution in [2.24, 2.45) is 0 Å². The Labute approximate surface area is 101 Å². The molecule has 0 aliphatic rings. The molecule has 94 valence electrons. The predicted octanol–water partition coefficient (Wildman–Crippen LogP) is 2.19. The van der Waals surface area contributed by atoms with Crippen LogP contribution in [0.3, 0.4) is 0 Å². The van der Waals surface area contributed by atoms with Gasteiger partial charge in [0, 0.05) is 0 Å². The minimum absolute atomic E-state index is 0.00347. The lowest BCUT2D eigenvalue weighted by molar-refractivity contribution is -0.133. The van der Waals surface area contributed by atoms with Crippen LogP contribution in [0.5, 0.6) is 5.75 Å². The molecule has 1 rings (SSSR count). The van der Waals surface area contributed by atoms with E-state index in [1.54, 1.807) is 12.1 Å². The van der Waals surface area contributed by atoms with E-state index in [9.17, 15) is 15.0 Å². The highest BCUT2D eigenvalue weighted by atomic mass is 16.3. The summed E-state index contributed by atoms with van der Waals surface area (Å²) in [7, 11) is 0. The van der Waals surface area contributed by atoms with Gasteiger partial charge in [-0.1, -0.05) is 19.4 Å². The largest absolute Gasteiger partial charge is 0.506 e. The molecular formula is C13H19NO3. The number of hydrogen-bond acceptors (Lipinski definition) is 3. The highest BCUT2D eigenvalue weighted by molar-refractivity contribution is 5.97. The van der Waals surface area contributed by atoms with E-state index in [1.165, 1.54) is 13.0 Å². The summed E-state index contributed by atoms with van der Waals surface area (Å²) in [5.74, 6) is -0.503. The van der Waals surface area contributed by atoms with Crippen LogP contribution in [0.4, 0.5) is 5.69 Å². The Morgan fingerprint density at radius 3 is 2.71 bits per heavy atom. The third kappa shape index (κ3) is 3.46. The summed E-state index contributed by atoms with van der Waals surface area (Å²) in [6, 6.07) is 4.92. The van der Waals surface area contributed by atoms with Gasteiger partial charge >= 0.3 is 0 Å². The summed E-state index contributed by atoms with van der Waals surface area (Å²) in [5.41, 5.74) is -0.162. The van der Waals surface area contributed by atoms with E-state index in [-0.39, 0.29) is 5.75 Å². The lowest BCUT2D eigenvalue weighted by Crippen LogP contribution is -2.39. The zero-order chi connectivity index (χ0) is 13.1. The SMILES string of the molecule is CCCC(C)(O)C(=O)Nc1cc(C)ccc1O. The summed E-state index contributed by atoms with van der Waals surface area (Å²) in [5, 5.41) is 22.0. The van der Waals surface area contributed by atoms with E-state index in [0.717, 1.165) is 5.56 Å². The minimum Gasteiger partial charge on any atom is -0.506 e. The highest BCUT2D eigenvalue weighted by Crippen LogP contribution is 2.25. The highest BCUT2D eigenvalue weighted by Gasteiger charge is 2.29. The zero-order valence-electron chi connectivity index (χ0n) is 10.4. The minimum atomic E-state index is -1.41. The Morgan fingerprint density at radius 1 is 1.47 bits per heavy atom. The molecule has 0 heterocycles. The van der Waals surface area contributed by atoms with Crippen LogP contribution in [0.1, 0.15) is 32.3 Å². The smallest absolute Gasteiger partial charge is 0.256 e. The van der Waals surface area contributed by atoms with Gasteiger partial charge in [-0.3, -0.25) is 4.79 Å². The Bertz CT molecular complexity index is 413. The lowest BCUT2D eigenvalue weighted by Gasteiger charge is -2.21. The molecule has 0 fully saturated rings. The van der Waals surface area contributed by atoms with E-state index in [1.807, 2.05) is 13.8 Å². The van der Waals surface area contributed by atoms with E-state index in [4.69, 9.17) is 0 Å². The summed E-state index contributed by atoms with van der Waals surface area (Å²) in [4.78, 5) is 11.8. The van der Waals surface area contributed by atoms with E-state index < -0.39 is 11.5 Å². The topological polar surface area (TPSA) is 69.6 Å². The van der Waals surface area contributed by atoms with Crippen LogP contribution in [0, 0.1) is 6.92 Å². The molecule has 1 atom stereocenters. The fraction of sp³-hybridized carbons (Fsp3) is 0.462. The normalized spacial score (nSPS) is 14.1. The molecule has 0 bridgehead atoms. The van der Waals surface area contributed by atoms with Crippen molar-refractivity contribution in [1.82, 2.24) is 0 Å². The van der Waals surface area contributed by atoms with Crippen molar-refractivity contribution in [3.05, 3.63) is 23.8 Å². The second-order valence-electron chi connectivity index (χ2n) is 4.50. The molecule has 4 nitrogen and oxygen atoms in total. The van der Waals surface area contributed by atoms with Gasteiger partial charge in [0.25, 0.3) is 5.91 Å². The molecule has 1 unspecified atom stereocenters. The van der Waals surface area contributed by atoms with Gasteiger partial charge in [-0.25, -0.2) is 0 Å². The molecule has 0 saturated carbocycles. The lowest BCUT2D eigenvalue weighted by atomic mass is 9.99. The number of nitrogens with one attached hydrogen (secondary N) is 1. The van der Waals surface area contributed by atoms with Gasteiger partial charge in [0.05, 0.1) is 5.69 Å². The van der Waals surface area contributed by atoms with Gasteiger partial charge in [0.1, 0.15) is 11.4 Å². The zero-order valence-corrected chi connectivity index (χ0v) is 10.4. The molecular weight excluding hydrogens is 218 g/mol. The van der Waals surface area contributed by atoms with Gasteiger partial charge in [-0.15, -0.1) is 0 Å². The van der Waals surface area contributed by atoms with Crippen LogP contribution in [0.25, 0.3) is 0 Å². The summed E-state index contributed by atoms with van der Waals surface area (Å²) in [6.45, 7) is 5.23. The predicted molar refractivity (Wildman–Crippen MR) is 67.0 cm³/mol. The second-order valence-corrected chi connectivity index (χ2v) is 4.50. The Balaban J connectivity index is 2.84. The maximum atomic E-state index is 11.8. The van der Waals surface area contributed by atoms with Gasteiger partial charge in [0.15, 0.2) is 0 Å². The number of carbonyl (C=O) groups excluding carboxylic acids is 1. The summed E-state index contributed by atoms with van der Waals surface area (Å²) < 4.78 is 0. The number of amides is 1. The first-order valence-corrected chi connectivity index (χ1v) is 5.70. The second kappa shape index (κ2) is 5.19. The molecule has 0 spiro atoms. The molecule has 1 aromatic rings. The monoisotopic (exact) mass is 237 g/mol. The molecule has 4 heteroatoms. The quantitative estimate of drug-likeness (QED) is 0.703.